The molecule has 0 fully saturated rings. The van der Waals surface area contributed by atoms with Crippen molar-refractivity contribution < 1.29 is 4.12 Å². The molecule has 0 aliphatic carbocycles. The van der Waals surface area contributed by atoms with E-state index < -0.39 is 16.6 Å². The van der Waals surface area contributed by atoms with Gasteiger partial charge in [0.2, 0.25) is 0 Å². The number of hydrogen-bond acceptors (Lipinski definition) is 1. The van der Waals surface area contributed by atoms with E-state index in [0.29, 0.717) is 0 Å². The number of hydrogen-bond donors (Lipinski definition) is 0. The molecule has 200 valence electrons. The molecule has 0 N–H and O–H groups in total. The summed E-state index contributed by atoms with van der Waals surface area (Å²) < 4.78 is 7.53. The summed E-state index contributed by atoms with van der Waals surface area (Å²) in [5.74, 6) is 0. The standard InChI is InChI=1S/C30H66OSi2/c1-7-11-15-19-23-27-32(5,28-24-20-16-12-8-2)31-33(6,29-25-21-17-13-9-3)30-26-22-18-14-10-4/h7-30H2,1-6H3. The molecule has 0 bridgehead atoms. The van der Waals surface area contributed by atoms with Gasteiger partial charge in [0.25, 0.3) is 0 Å². The Morgan fingerprint density at radius 2 is 0.545 bits per heavy atom. The predicted molar refractivity (Wildman–Crippen MR) is 159 cm³/mol. The van der Waals surface area contributed by atoms with Gasteiger partial charge in [0.05, 0.1) is 0 Å². The summed E-state index contributed by atoms with van der Waals surface area (Å²) in [4.78, 5) is 0. The molecule has 0 aromatic carbocycles. The first-order valence-corrected chi connectivity index (χ1v) is 21.3. The van der Waals surface area contributed by atoms with Crippen molar-refractivity contribution in [2.45, 2.75) is 193 Å². The van der Waals surface area contributed by atoms with Crippen molar-refractivity contribution in [1.82, 2.24) is 0 Å². The van der Waals surface area contributed by atoms with E-state index in [1.165, 1.54) is 153 Å². The van der Waals surface area contributed by atoms with Crippen LogP contribution in [0.4, 0.5) is 0 Å². The lowest BCUT2D eigenvalue weighted by molar-refractivity contribution is 0.490. The molecule has 0 saturated heterocycles. The summed E-state index contributed by atoms with van der Waals surface area (Å²) in [6.45, 7) is 14.6. The molecule has 33 heavy (non-hydrogen) atoms. The molecule has 0 rings (SSSR count). The van der Waals surface area contributed by atoms with Gasteiger partial charge in [-0.1, -0.05) is 156 Å². The second-order valence-electron chi connectivity index (χ2n) is 11.7. The van der Waals surface area contributed by atoms with E-state index in [2.05, 4.69) is 40.8 Å². The SMILES string of the molecule is CCCCCCC[Si](C)(CCCCCCC)O[Si](C)(CCCCCCC)CCCCCCC. The molecule has 0 spiro atoms. The molecular weight excluding hydrogens is 433 g/mol. The highest BCUT2D eigenvalue weighted by molar-refractivity contribution is 6.86. The number of unbranched alkanes of at least 4 members (excludes halogenated alkanes) is 16. The minimum absolute atomic E-state index is 1.35. The predicted octanol–water partition coefficient (Wildman–Crippen LogP) is 12.0. The van der Waals surface area contributed by atoms with Crippen LogP contribution >= 0.6 is 0 Å². The number of rotatable bonds is 26. The van der Waals surface area contributed by atoms with Gasteiger partial charge in [-0.05, 0) is 37.3 Å². The summed E-state index contributed by atoms with van der Waals surface area (Å²) in [5, 5.41) is 0. The molecule has 3 heteroatoms. The highest BCUT2D eigenvalue weighted by Gasteiger charge is 2.38. The summed E-state index contributed by atoms with van der Waals surface area (Å²) >= 11 is 0. The lowest BCUT2D eigenvalue weighted by Crippen LogP contribution is -2.48. The average molecular weight is 499 g/mol. The Kier molecular flexibility index (Phi) is 23.1. The van der Waals surface area contributed by atoms with Crippen LogP contribution in [0.25, 0.3) is 0 Å². The molecule has 0 aromatic heterocycles. The Morgan fingerprint density at radius 3 is 0.758 bits per heavy atom. The third-order valence-corrected chi connectivity index (χ3v) is 17.3. The van der Waals surface area contributed by atoms with E-state index in [1.54, 1.807) is 0 Å². The van der Waals surface area contributed by atoms with E-state index in [-0.39, 0.29) is 0 Å². The van der Waals surface area contributed by atoms with Crippen molar-refractivity contribution in [3.8, 4) is 0 Å². The molecule has 0 aromatic rings. The summed E-state index contributed by atoms with van der Waals surface area (Å²) in [6.07, 6.45) is 28.2. The van der Waals surface area contributed by atoms with Gasteiger partial charge in [-0.3, -0.25) is 0 Å². The van der Waals surface area contributed by atoms with Gasteiger partial charge in [-0.15, -0.1) is 0 Å². The normalized spacial score (nSPS) is 12.5. The first-order valence-electron chi connectivity index (χ1n) is 15.7. The van der Waals surface area contributed by atoms with Gasteiger partial charge in [-0.25, -0.2) is 0 Å². The molecule has 0 amide bonds. The zero-order valence-electron chi connectivity index (χ0n) is 24.4. The Morgan fingerprint density at radius 1 is 0.333 bits per heavy atom. The third kappa shape index (κ3) is 20.3. The maximum absolute atomic E-state index is 7.53. The summed E-state index contributed by atoms with van der Waals surface area (Å²) in [5.41, 5.74) is 0. The molecular formula is C30H66OSi2. The van der Waals surface area contributed by atoms with Crippen molar-refractivity contribution in [3.05, 3.63) is 0 Å². The van der Waals surface area contributed by atoms with Gasteiger partial charge in [0, 0.05) is 0 Å². The van der Waals surface area contributed by atoms with Crippen LogP contribution in [-0.2, 0) is 4.12 Å². The lowest BCUT2D eigenvalue weighted by Gasteiger charge is -2.39. The fourth-order valence-corrected chi connectivity index (χ4v) is 16.3. The van der Waals surface area contributed by atoms with Gasteiger partial charge >= 0.3 is 0 Å². The minimum atomic E-state index is -1.59. The second-order valence-corrected chi connectivity index (χ2v) is 20.3. The fourth-order valence-electron chi connectivity index (χ4n) is 5.46. The lowest BCUT2D eigenvalue weighted by atomic mass is 10.2. The maximum atomic E-state index is 7.53. The molecule has 0 heterocycles. The molecule has 0 saturated carbocycles. The fraction of sp³-hybridized carbons (Fsp3) is 1.00. The van der Waals surface area contributed by atoms with Crippen molar-refractivity contribution >= 4 is 16.6 Å². The van der Waals surface area contributed by atoms with Crippen molar-refractivity contribution in [2.24, 2.45) is 0 Å². The molecule has 1 nitrogen and oxygen atoms in total. The van der Waals surface area contributed by atoms with Crippen LogP contribution in [0.3, 0.4) is 0 Å². The monoisotopic (exact) mass is 498 g/mol. The first kappa shape index (κ1) is 33.4. The quantitative estimate of drug-likeness (QED) is 0.0850. The van der Waals surface area contributed by atoms with Crippen molar-refractivity contribution in [1.29, 1.82) is 0 Å². The first-order chi connectivity index (χ1) is 15.9. The molecule has 0 unspecified atom stereocenters. The summed E-state index contributed by atoms with van der Waals surface area (Å²) in [6, 6.07) is 5.72. The smallest absolute Gasteiger partial charge is 0.176 e. The van der Waals surface area contributed by atoms with Gasteiger partial charge in [0.1, 0.15) is 0 Å². The highest BCUT2D eigenvalue weighted by Crippen LogP contribution is 2.33. The van der Waals surface area contributed by atoms with E-state index in [9.17, 15) is 0 Å². The van der Waals surface area contributed by atoms with Crippen LogP contribution in [0, 0.1) is 0 Å². The Hall–Kier alpha value is 0.394. The molecule has 0 aliphatic rings. The van der Waals surface area contributed by atoms with E-state index in [0.717, 1.165) is 0 Å². The highest BCUT2D eigenvalue weighted by atomic mass is 28.4. The van der Waals surface area contributed by atoms with Crippen LogP contribution in [0.5, 0.6) is 0 Å². The Bertz CT molecular complexity index is 335. The maximum Gasteiger partial charge on any atom is 0.176 e. The molecule has 0 atom stereocenters. The summed E-state index contributed by atoms with van der Waals surface area (Å²) in [7, 11) is -3.19. The average Bonchev–Trinajstić information content (AvgIpc) is 2.78. The van der Waals surface area contributed by atoms with Crippen LogP contribution in [0.15, 0.2) is 0 Å². The van der Waals surface area contributed by atoms with E-state index >= 15 is 0 Å². The Balaban J connectivity index is 5.00. The van der Waals surface area contributed by atoms with Crippen LogP contribution in [-0.4, -0.2) is 16.6 Å². The van der Waals surface area contributed by atoms with E-state index in [4.69, 9.17) is 4.12 Å². The van der Waals surface area contributed by atoms with Crippen LogP contribution in [0.1, 0.15) is 156 Å². The van der Waals surface area contributed by atoms with E-state index in [1.807, 2.05) is 0 Å². The topological polar surface area (TPSA) is 9.23 Å². The zero-order chi connectivity index (χ0) is 24.7. The van der Waals surface area contributed by atoms with Crippen molar-refractivity contribution in [2.75, 3.05) is 0 Å². The largest absolute Gasteiger partial charge is 0.455 e. The van der Waals surface area contributed by atoms with Gasteiger partial charge in [0.15, 0.2) is 16.6 Å². The Labute approximate surface area is 213 Å². The third-order valence-electron chi connectivity index (χ3n) is 7.73. The minimum Gasteiger partial charge on any atom is -0.455 e. The van der Waals surface area contributed by atoms with Gasteiger partial charge in [-0.2, -0.15) is 0 Å². The van der Waals surface area contributed by atoms with Crippen LogP contribution < -0.4 is 0 Å². The zero-order valence-corrected chi connectivity index (χ0v) is 26.4. The van der Waals surface area contributed by atoms with Crippen LogP contribution in [0.2, 0.25) is 37.3 Å². The molecule has 0 aliphatic heterocycles. The second kappa shape index (κ2) is 22.8. The van der Waals surface area contributed by atoms with Crippen molar-refractivity contribution in [3.63, 3.8) is 0 Å². The molecule has 0 radical (unpaired) electrons. The van der Waals surface area contributed by atoms with Gasteiger partial charge < -0.3 is 4.12 Å².